The molecule has 19 nitrogen and oxygen atoms in total. The van der Waals surface area contributed by atoms with Gasteiger partial charge in [-0.1, -0.05) is 36.4 Å². The van der Waals surface area contributed by atoms with Crippen LogP contribution in [0.5, 0.6) is 0 Å². The lowest BCUT2D eigenvalue weighted by Crippen LogP contribution is -2.30. The maximum atomic E-state index is 12.4. The first-order chi connectivity index (χ1) is 30.6. The highest BCUT2D eigenvalue weighted by molar-refractivity contribution is 5.93. The highest BCUT2D eigenvalue weighted by Crippen LogP contribution is 2.38. The van der Waals surface area contributed by atoms with Crippen LogP contribution in [0.3, 0.4) is 0 Å². The maximum Gasteiger partial charge on any atom is 0.320 e. The van der Waals surface area contributed by atoms with Crippen LogP contribution in [0.4, 0.5) is 17.1 Å². The number of rotatable bonds is 21. The number of ether oxygens (including phenoxy) is 3. The molecule has 0 aliphatic heterocycles. The number of aromatic nitrogens is 3. The lowest BCUT2D eigenvalue weighted by molar-refractivity contribution is -0.147. The lowest BCUT2D eigenvalue weighted by Gasteiger charge is -2.26. The molecule has 0 radical (unpaired) electrons. The normalized spacial score (nSPS) is 12.6. The number of hydrogen-bond donors (Lipinski definition) is 6. The number of esters is 3. The van der Waals surface area contributed by atoms with Crippen molar-refractivity contribution < 1.29 is 58.3 Å². The zero-order chi connectivity index (χ0) is 45.9. The largest absolute Gasteiger partial charge is 0.480 e. The number of aliphatic carboxylic acids is 3. The number of hydrogen-bond acceptors (Lipinski definition) is 16. The summed E-state index contributed by atoms with van der Waals surface area (Å²) >= 11 is 0. The molecule has 0 spiro atoms. The summed E-state index contributed by atoms with van der Waals surface area (Å²) < 4.78 is 16.1. The molecular weight excluding hydrogens is 831 g/mol. The number of nitrogens with two attached hydrogens (primary N) is 3. The van der Waals surface area contributed by atoms with E-state index in [9.17, 15) is 28.8 Å². The van der Waals surface area contributed by atoms with Crippen molar-refractivity contribution in [2.45, 2.75) is 76.5 Å². The summed E-state index contributed by atoms with van der Waals surface area (Å²) in [4.78, 5) is 86.4. The second-order valence-corrected chi connectivity index (χ2v) is 14.8. The number of pyridine rings is 3. The minimum atomic E-state index is -1.21. The fourth-order valence-electron chi connectivity index (χ4n) is 6.42. The fraction of sp³-hybridized carbons (Fsp3) is 0.267. The topological polar surface area (TPSA) is 311 Å². The standard InChI is InChI=1S/C45H45N7O12/c46-34(43(56)57)13-16-40(53)62-22-28-7-1-25-4-10-31(19-37(25)49-28)52(32-11-5-26-2-8-29(50-38(26)20-32)23-63-41(54)17-14-35(47)44(58)59)33-12-6-27-3-9-30(51-39(27)21-33)24-64-42(55)18-15-36(48)45(60)61/h1-12,19-21,34-36H,13-18,22-24,46-48H2,(H,56,57)(H,58,59)(H,60,61). The molecule has 3 aromatic heterocycles. The summed E-state index contributed by atoms with van der Waals surface area (Å²) in [5.74, 6) is -5.48. The van der Waals surface area contributed by atoms with E-state index in [1.165, 1.54) is 0 Å². The van der Waals surface area contributed by atoms with Gasteiger partial charge in [-0.3, -0.25) is 28.8 Å². The molecule has 332 valence electrons. The van der Waals surface area contributed by atoms with Gasteiger partial charge < -0.3 is 51.6 Å². The van der Waals surface area contributed by atoms with Gasteiger partial charge in [0.25, 0.3) is 0 Å². The summed E-state index contributed by atoms with van der Waals surface area (Å²) in [6.45, 7) is -0.462. The molecular formula is C45H45N7O12. The minimum Gasteiger partial charge on any atom is -0.480 e. The molecule has 0 saturated carbocycles. The molecule has 3 atom stereocenters. The van der Waals surface area contributed by atoms with Gasteiger partial charge >= 0.3 is 35.8 Å². The molecule has 3 heterocycles. The first-order valence-corrected chi connectivity index (χ1v) is 20.0. The molecule has 64 heavy (non-hydrogen) atoms. The Labute approximate surface area is 364 Å². The second kappa shape index (κ2) is 21.0. The van der Waals surface area contributed by atoms with Crippen LogP contribution in [0.25, 0.3) is 32.7 Å². The monoisotopic (exact) mass is 875 g/mol. The number of fused-ring (bicyclic) bond motifs is 3. The van der Waals surface area contributed by atoms with Gasteiger partial charge in [0.15, 0.2) is 0 Å². The van der Waals surface area contributed by atoms with E-state index >= 15 is 0 Å². The predicted octanol–water partition coefficient (Wildman–Crippen LogP) is 4.51. The number of anilines is 3. The molecule has 0 bridgehead atoms. The van der Waals surface area contributed by atoms with Crippen LogP contribution in [0, 0.1) is 0 Å². The minimum absolute atomic E-state index is 0.0752. The van der Waals surface area contributed by atoms with Crippen LogP contribution < -0.4 is 22.1 Å². The first-order valence-electron chi connectivity index (χ1n) is 20.0. The average molecular weight is 876 g/mol. The van der Waals surface area contributed by atoms with Crippen molar-refractivity contribution >= 4 is 85.6 Å². The van der Waals surface area contributed by atoms with Crippen LogP contribution in [-0.2, 0) is 62.8 Å². The van der Waals surface area contributed by atoms with Crippen molar-refractivity contribution in [2.24, 2.45) is 17.2 Å². The highest BCUT2D eigenvalue weighted by atomic mass is 16.5. The van der Waals surface area contributed by atoms with E-state index in [0.29, 0.717) is 50.7 Å². The van der Waals surface area contributed by atoms with E-state index in [2.05, 4.69) is 0 Å². The Bertz CT molecular complexity index is 2440. The molecule has 19 heteroatoms. The number of carbonyl (C=O) groups excluding carboxylic acids is 3. The smallest absolute Gasteiger partial charge is 0.320 e. The predicted molar refractivity (Wildman–Crippen MR) is 231 cm³/mol. The molecule has 6 rings (SSSR count). The van der Waals surface area contributed by atoms with Crippen LogP contribution in [-0.4, -0.2) is 84.2 Å². The Hall–Kier alpha value is -7.61. The summed E-state index contributed by atoms with van der Waals surface area (Å²) in [5, 5.41) is 29.4. The van der Waals surface area contributed by atoms with Gasteiger partial charge in [0.2, 0.25) is 0 Å². The molecule has 3 unspecified atom stereocenters. The van der Waals surface area contributed by atoms with Gasteiger partial charge in [0.05, 0.1) is 33.6 Å². The summed E-state index contributed by atoms with van der Waals surface area (Å²) in [6.07, 6.45) is -0.743. The number of benzene rings is 3. The van der Waals surface area contributed by atoms with Crippen molar-refractivity contribution in [3.05, 3.63) is 108 Å². The van der Waals surface area contributed by atoms with Crippen molar-refractivity contribution in [1.82, 2.24) is 15.0 Å². The number of nitrogens with zero attached hydrogens (tertiary/aromatic N) is 4. The Balaban J connectivity index is 1.31. The Morgan fingerprint density at radius 3 is 0.984 bits per heavy atom. The van der Waals surface area contributed by atoms with Crippen LogP contribution in [0.2, 0.25) is 0 Å². The van der Waals surface area contributed by atoms with Crippen molar-refractivity contribution in [2.75, 3.05) is 4.90 Å². The van der Waals surface area contributed by atoms with E-state index in [4.69, 9.17) is 61.7 Å². The third-order valence-electron chi connectivity index (χ3n) is 10.0. The summed E-state index contributed by atoms with van der Waals surface area (Å²) in [6, 6.07) is 24.1. The number of carboxylic acid groups (broad SMARTS) is 3. The second-order valence-electron chi connectivity index (χ2n) is 14.8. The third kappa shape index (κ3) is 12.3. The van der Waals surface area contributed by atoms with E-state index < -0.39 is 53.9 Å². The van der Waals surface area contributed by atoms with Crippen LogP contribution in [0.15, 0.2) is 91.0 Å². The van der Waals surface area contributed by atoms with E-state index in [0.717, 1.165) is 16.2 Å². The van der Waals surface area contributed by atoms with Gasteiger partial charge in [0, 0.05) is 52.5 Å². The van der Waals surface area contributed by atoms with Gasteiger partial charge in [-0.25, -0.2) is 15.0 Å². The van der Waals surface area contributed by atoms with Crippen molar-refractivity contribution in [1.29, 1.82) is 0 Å². The molecule has 9 N–H and O–H groups in total. The number of carbonyl (C=O) groups is 6. The zero-order valence-electron chi connectivity index (χ0n) is 34.3. The van der Waals surface area contributed by atoms with E-state index in [1.807, 2.05) is 77.7 Å². The Kier molecular flexibility index (Phi) is 15.0. The van der Waals surface area contributed by atoms with E-state index in [-0.39, 0.29) is 58.3 Å². The molecule has 0 aliphatic rings. The molecule has 3 aromatic carbocycles. The summed E-state index contributed by atoms with van der Waals surface area (Å²) in [5.41, 5.74) is 21.6. The van der Waals surface area contributed by atoms with Crippen molar-refractivity contribution in [3.8, 4) is 0 Å². The first kappa shape index (κ1) is 45.9. The van der Waals surface area contributed by atoms with Gasteiger partial charge in [-0.15, -0.1) is 0 Å². The fourth-order valence-corrected chi connectivity index (χ4v) is 6.42. The highest BCUT2D eigenvalue weighted by Gasteiger charge is 2.19. The van der Waals surface area contributed by atoms with Gasteiger partial charge in [-0.2, -0.15) is 0 Å². The summed E-state index contributed by atoms with van der Waals surface area (Å²) in [7, 11) is 0. The zero-order valence-corrected chi connectivity index (χ0v) is 34.3. The molecule has 0 aliphatic carbocycles. The van der Waals surface area contributed by atoms with Crippen LogP contribution in [0.1, 0.15) is 55.6 Å². The van der Waals surface area contributed by atoms with E-state index in [1.54, 1.807) is 18.2 Å². The maximum absolute atomic E-state index is 12.4. The van der Waals surface area contributed by atoms with Gasteiger partial charge in [0.1, 0.15) is 37.9 Å². The molecule has 6 aromatic rings. The molecule has 0 saturated heterocycles. The van der Waals surface area contributed by atoms with Gasteiger partial charge in [-0.05, 0) is 73.9 Å². The van der Waals surface area contributed by atoms with Crippen LogP contribution >= 0.6 is 0 Å². The Morgan fingerprint density at radius 2 is 0.719 bits per heavy atom. The number of carboxylic acids is 3. The SMILES string of the molecule is NC(CCC(=O)OCc1ccc2ccc(N(c3ccc4ccc(COC(=O)CCC(N)C(=O)O)nc4c3)c3ccc4ccc(COC(=O)CCC(N)C(=O)O)nc4c3)cc2n1)C(=O)O. The Morgan fingerprint density at radius 1 is 0.453 bits per heavy atom. The lowest BCUT2D eigenvalue weighted by atomic mass is 10.1. The van der Waals surface area contributed by atoms with Crippen molar-refractivity contribution in [3.63, 3.8) is 0 Å². The third-order valence-corrected chi connectivity index (χ3v) is 10.0. The quantitative estimate of drug-likeness (QED) is 0.0428. The average Bonchev–Trinajstić information content (AvgIpc) is 3.28. The molecule has 0 fully saturated rings. The molecule has 0 amide bonds.